The largest absolute Gasteiger partial charge is 0.456 e. The van der Waals surface area contributed by atoms with Gasteiger partial charge in [0.1, 0.15) is 48.8 Å². The molecule has 3 aliphatic rings. The maximum atomic E-state index is 14.5. The van der Waals surface area contributed by atoms with Crippen LogP contribution in [0, 0.1) is 0 Å². The van der Waals surface area contributed by atoms with Crippen molar-refractivity contribution in [1.29, 1.82) is 0 Å². The molecule has 2 aliphatic heterocycles. The van der Waals surface area contributed by atoms with Crippen molar-refractivity contribution in [3.63, 3.8) is 0 Å². The molecular weight excluding hydrogens is 789 g/mol. The lowest BCUT2D eigenvalue weighted by molar-refractivity contribution is -0.298. The molecule has 0 aromatic heterocycles. The van der Waals surface area contributed by atoms with Crippen LogP contribution in [0.5, 0.6) is 0 Å². The van der Waals surface area contributed by atoms with Gasteiger partial charge in [0.15, 0.2) is 12.1 Å². The van der Waals surface area contributed by atoms with Crippen LogP contribution in [0.4, 0.5) is 0 Å². The van der Waals surface area contributed by atoms with Gasteiger partial charge in [-0.05, 0) is 36.1 Å². The zero-order chi connectivity index (χ0) is 43.9. The van der Waals surface area contributed by atoms with E-state index in [9.17, 15) is 39.9 Å². The van der Waals surface area contributed by atoms with Gasteiger partial charge in [-0.1, -0.05) is 100 Å². The molecule has 0 unspecified atom stereocenters. The average molecular weight is 853 g/mol. The highest BCUT2D eigenvalue weighted by molar-refractivity contribution is 5.98. The standard InChI is InChI=1S/C46H64N2O13/c1-4-6-13-21-46(22-14-7-5-2)60-36-28-32(43(55)48(3)34(42(54)47-23-24-49)26-30-16-9-8-10-17-30)27-35(41(36)61-46)58-44(56)33-20-12-11-18-31(33)19-15-25-57-45-40(53)39(52)38(51)37(29-50)59-45/h8-12,15-20,28,34-41,45,49-53H,4-7,13-14,21-27,29H2,1-3H3,(H,47,54)/t34-,35-,36-,37-,38+,39+,40-,41+,45+/m1/s1. The normalized spacial score (nSPS) is 26.3. The molecule has 2 amide bonds. The van der Waals surface area contributed by atoms with Gasteiger partial charge in [0.25, 0.3) is 0 Å². The summed E-state index contributed by atoms with van der Waals surface area (Å²) >= 11 is 0. The van der Waals surface area contributed by atoms with Gasteiger partial charge in [-0.2, -0.15) is 0 Å². The number of nitrogens with one attached hydrogen (secondary N) is 1. The van der Waals surface area contributed by atoms with Crippen molar-refractivity contribution in [3.8, 4) is 0 Å². The molecule has 15 heteroatoms. The van der Waals surface area contributed by atoms with Crippen molar-refractivity contribution >= 4 is 23.9 Å². The molecule has 0 spiro atoms. The predicted octanol–water partition coefficient (Wildman–Crippen LogP) is 3.19. The van der Waals surface area contributed by atoms with Crippen LogP contribution in [0.15, 0.2) is 72.3 Å². The monoisotopic (exact) mass is 852 g/mol. The van der Waals surface area contributed by atoms with E-state index < -0.39 is 85.2 Å². The Kier molecular flexibility index (Phi) is 18.4. The molecule has 2 saturated heterocycles. The Morgan fingerprint density at radius 1 is 0.918 bits per heavy atom. The fourth-order valence-corrected chi connectivity index (χ4v) is 8.06. The summed E-state index contributed by atoms with van der Waals surface area (Å²) in [6.07, 6.45) is 2.74. The third-order valence-corrected chi connectivity index (χ3v) is 11.5. The minimum absolute atomic E-state index is 0.000694. The number of nitrogens with zero attached hydrogens (tertiary/aromatic N) is 1. The smallest absolute Gasteiger partial charge is 0.339 e. The number of fused-ring (bicyclic) bond motifs is 1. The number of aliphatic hydroxyl groups is 5. The van der Waals surface area contributed by atoms with Crippen LogP contribution in [-0.2, 0) is 39.7 Å². The van der Waals surface area contributed by atoms with E-state index in [4.69, 9.17) is 23.7 Å². The first-order valence-corrected chi connectivity index (χ1v) is 21.6. The Bertz CT molecular complexity index is 1760. The van der Waals surface area contributed by atoms with Gasteiger partial charge in [-0.15, -0.1) is 0 Å². The first kappa shape index (κ1) is 48.0. The van der Waals surface area contributed by atoms with Crippen molar-refractivity contribution in [1.82, 2.24) is 10.2 Å². The van der Waals surface area contributed by atoms with E-state index in [1.807, 2.05) is 30.3 Å². The van der Waals surface area contributed by atoms with Crippen LogP contribution in [0.2, 0.25) is 0 Å². The van der Waals surface area contributed by atoms with Crippen LogP contribution in [0.1, 0.15) is 93.1 Å². The molecule has 15 nitrogen and oxygen atoms in total. The number of hydrogen-bond donors (Lipinski definition) is 6. The summed E-state index contributed by atoms with van der Waals surface area (Å²) < 4.78 is 30.9. The molecule has 6 N–H and O–H groups in total. The fourth-order valence-electron chi connectivity index (χ4n) is 8.06. The first-order chi connectivity index (χ1) is 29.4. The number of hydrogen-bond acceptors (Lipinski definition) is 13. The fraction of sp³-hybridized carbons (Fsp3) is 0.587. The van der Waals surface area contributed by atoms with Gasteiger partial charge in [-0.3, -0.25) is 9.59 Å². The van der Waals surface area contributed by atoms with Gasteiger partial charge in [0, 0.05) is 44.8 Å². The molecule has 2 fully saturated rings. The highest BCUT2D eigenvalue weighted by atomic mass is 16.8. The summed E-state index contributed by atoms with van der Waals surface area (Å²) in [4.78, 5) is 43.5. The molecule has 9 atom stereocenters. The highest BCUT2D eigenvalue weighted by Gasteiger charge is 2.53. The quantitative estimate of drug-likeness (QED) is 0.0743. The number of amides is 2. The van der Waals surface area contributed by atoms with Crippen LogP contribution in [-0.4, -0.2) is 142 Å². The second-order valence-electron chi connectivity index (χ2n) is 16.0. The third-order valence-electron chi connectivity index (χ3n) is 11.5. The van der Waals surface area contributed by atoms with Gasteiger partial charge < -0.3 is 59.4 Å². The molecule has 2 aromatic rings. The van der Waals surface area contributed by atoms with Crippen LogP contribution < -0.4 is 5.32 Å². The summed E-state index contributed by atoms with van der Waals surface area (Å²) in [6, 6.07) is 15.2. The molecule has 0 saturated carbocycles. The van der Waals surface area contributed by atoms with Crippen LogP contribution >= 0.6 is 0 Å². The lowest BCUT2D eigenvalue weighted by atomic mass is 9.90. The van der Waals surface area contributed by atoms with E-state index in [0.717, 1.165) is 44.1 Å². The maximum absolute atomic E-state index is 14.5. The lowest BCUT2D eigenvalue weighted by Crippen LogP contribution is -2.59. The topological polar surface area (TPSA) is 214 Å². The number of rotatable bonds is 22. The molecule has 61 heavy (non-hydrogen) atoms. The molecule has 2 aromatic carbocycles. The summed E-state index contributed by atoms with van der Waals surface area (Å²) in [5.74, 6) is -2.45. The number of aliphatic hydroxyl groups excluding tert-OH is 5. The van der Waals surface area contributed by atoms with Crippen LogP contribution in [0.3, 0.4) is 0 Å². The van der Waals surface area contributed by atoms with Gasteiger partial charge in [0.2, 0.25) is 11.8 Å². The Hall–Kier alpha value is -4.03. The number of carbonyl (C=O) groups is 3. The molecule has 0 bridgehead atoms. The molecule has 0 radical (unpaired) electrons. The molecular formula is C46H64N2O13. The number of carbonyl (C=O) groups excluding carboxylic acids is 3. The van der Waals surface area contributed by atoms with Crippen molar-refractivity contribution in [2.24, 2.45) is 0 Å². The van der Waals surface area contributed by atoms with E-state index in [2.05, 4.69) is 19.2 Å². The SMILES string of the molecule is CCCCCC1(CCCCC)O[C@@H]2[C@@H](C=C(C(=O)N(C)[C@H](Cc3ccccc3)C(=O)NCCO)C[C@H]2OC(=O)c2ccccc2C=CCO[C@H]2O[C@H](CO)[C@H](O)[C@H](O)[C@H]2O)O1. The summed E-state index contributed by atoms with van der Waals surface area (Å²) in [5, 5.41) is 52.2. The minimum atomic E-state index is -1.58. The second kappa shape index (κ2) is 23.4. The minimum Gasteiger partial charge on any atom is -0.456 e. The Balaban J connectivity index is 1.39. The van der Waals surface area contributed by atoms with E-state index >= 15 is 0 Å². The van der Waals surface area contributed by atoms with E-state index in [1.165, 1.54) is 4.90 Å². The van der Waals surface area contributed by atoms with Crippen molar-refractivity contribution in [2.45, 2.75) is 139 Å². The molecule has 2 heterocycles. The van der Waals surface area contributed by atoms with E-state index in [0.29, 0.717) is 24.0 Å². The summed E-state index contributed by atoms with van der Waals surface area (Å²) in [6.45, 7) is 3.32. The molecule has 5 rings (SSSR count). The number of benzene rings is 2. The number of unbranched alkanes of at least 4 members (excludes halogenated alkanes) is 4. The van der Waals surface area contributed by atoms with Crippen molar-refractivity contribution < 1.29 is 63.6 Å². The summed E-state index contributed by atoms with van der Waals surface area (Å²) in [7, 11) is 1.57. The Morgan fingerprint density at radius 3 is 2.28 bits per heavy atom. The average Bonchev–Trinajstić information content (AvgIpc) is 3.64. The predicted molar refractivity (Wildman–Crippen MR) is 225 cm³/mol. The van der Waals surface area contributed by atoms with Gasteiger partial charge in [-0.25, -0.2) is 4.79 Å². The molecule has 336 valence electrons. The highest BCUT2D eigenvalue weighted by Crippen LogP contribution is 2.43. The molecule has 1 aliphatic carbocycles. The summed E-state index contributed by atoms with van der Waals surface area (Å²) in [5.41, 5.74) is 1.87. The van der Waals surface area contributed by atoms with Gasteiger partial charge >= 0.3 is 5.97 Å². The number of esters is 1. The maximum Gasteiger partial charge on any atom is 0.339 e. The number of likely N-dealkylation sites (N-methyl/N-ethyl adjacent to an activating group) is 1. The van der Waals surface area contributed by atoms with E-state index in [-0.39, 0.29) is 38.2 Å². The lowest BCUT2D eigenvalue weighted by Gasteiger charge is -2.39. The Morgan fingerprint density at radius 2 is 1.61 bits per heavy atom. The van der Waals surface area contributed by atoms with Crippen LogP contribution in [0.25, 0.3) is 6.08 Å². The number of ether oxygens (including phenoxy) is 5. The van der Waals surface area contributed by atoms with E-state index in [1.54, 1.807) is 49.5 Å². The first-order valence-electron chi connectivity index (χ1n) is 21.6. The zero-order valence-corrected chi connectivity index (χ0v) is 35.5. The second-order valence-corrected chi connectivity index (χ2v) is 16.0. The third kappa shape index (κ3) is 12.6. The Labute approximate surface area is 358 Å². The van der Waals surface area contributed by atoms with Crippen molar-refractivity contribution in [3.05, 3.63) is 89.0 Å². The van der Waals surface area contributed by atoms with Gasteiger partial charge in [0.05, 0.1) is 25.4 Å². The van der Waals surface area contributed by atoms with Crippen molar-refractivity contribution in [2.75, 3.05) is 33.4 Å². The zero-order valence-electron chi connectivity index (χ0n) is 35.5.